The summed E-state index contributed by atoms with van der Waals surface area (Å²) in [6.45, 7) is 8.84. The van der Waals surface area contributed by atoms with Crippen LogP contribution in [0.15, 0.2) is 42.6 Å². The molecule has 6 rings (SSSR count). The van der Waals surface area contributed by atoms with Crippen molar-refractivity contribution >= 4 is 29.8 Å². The largest absolute Gasteiger partial charge is 0.477 e. The summed E-state index contributed by atoms with van der Waals surface area (Å²) in [5.41, 5.74) is 3.26. The second-order valence-electron chi connectivity index (χ2n) is 13.1. The molecule has 1 amide bonds. The molecule has 0 unspecified atom stereocenters. The Labute approximate surface area is 270 Å². The lowest BCUT2D eigenvalue weighted by Crippen LogP contribution is -2.41. The number of hydrogen-bond acceptors (Lipinski definition) is 10. The van der Waals surface area contributed by atoms with Crippen molar-refractivity contribution in [3.63, 3.8) is 0 Å². The molecule has 2 saturated carbocycles. The first-order valence-corrected chi connectivity index (χ1v) is 17.1. The van der Waals surface area contributed by atoms with Gasteiger partial charge in [-0.3, -0.25) is 10.2 Å². The van der Waals surface area contributed by atoms with E-state index in [9.17, 15) is 4.79 Å². The topological polar surface area (TPSA) is 110 Å². The number of pyridine rings is 2. The van der Waals surface area contributed by atoms with Gasteiger partial charge in [0.15, 0.2) is 18.0 Å². The summed E-state index contributed by atoms with van der Waals surface area (Å²) < 4.78 is 15.1. The van der Waals surface area contributed by atoms with E-state index >= 15 is 0 Å². The van der Waals surface area contributed by atoms with Crippen LogP contribution >= 0.6 is 12.2 Å². The van der Waals surface area contributed by atoms with Crippen LogP contribution in [0.3, 0.4) is 0 Å². The van der Waals surface area contributed by atoms with Gasteiger partial charge in [-0.1, -0.05) is 13.0 Å². The standard InChI is InChI=1S/C33H46N8O3S/c1-5-19-34-27-8-6-9-29(35-27)44-45-39(4)38-32(42)26-14-15-28(36-31(26)40-20-7-18-33(40,2)3)41-21-16-30(37-41)43-22-17-25(23-10-11-23)24-12-13-24/h6,8-9,14-16,21,23-25H,5,7,10-13,17-20,22H2,1-4H3,(H,34,35)(H,38,42). The Morgan fingerprint density at radius 3 is 2.62 bits per heavy atom. The van der Waals surface area contributed by atoms with Gasteiger partial charge in [0.25, 0.3) is 5.91 Å². The fraction of sp³-hybridized carbons (Fsp3) is 0.576. The van der Waals surface area contributed by atoms with Gasteiger partial charge in [-0.05, 0) is 101 Å². The molecule has 3 aliphatic rings. The Kier molecular flexibility index (Phi) is 9.70. The zero-order valence-corrected chi connectivity index (χ0v) is 27.7. The van der Waals surface area contributed by atoms with Crippen molar-refractivity contribution in [1.29, 1.82) is 0 Å². The number of hydrazine groups is 1. The van der Waals surface area contributed by atoms with Crippen LogP contribution in [0, 0.1) is 17.8 Å². The van der Waals surface area contributed by atoms with Crippen LogP contribution in [0.25, 0.3) is 5.82 Å². The van der Waals surface area contributed by atoms with Crippen molar-refractivity contribution in [3.8, 4) is 17.6 Å². The maximum absolute atomic E-state index is 13.6. The molecule has 1 aliphatic heterocycles. The van der Waals surface area contributed by atoms with Crippen LogP contribution in [-0.2, 0) is 0 Å². The number of amides is 1. The lowest BCUT2D eigenvalue weighted by molar-refractivity contribution is 0.0897. The number of nitrogens with one attached hydrogen (secondary N) is 2. The molecule has 2 aliphatic carbocycles. The molecule has 11 nitrogen and oxygen atoms in total. The van der Waals surface area contributed by atoms with E-state index < -0.39 is 0 Å². The fourth-order valence-electron chi connectivity index (χ4n) is 6.29. The Morgan fingerprint density at radius 1 is 1.11 bits per heavy atom. The number of nitrogens with zero attached hydrogens (tertiary/aromatic N) is 6. The number of anilines is 2. The Balaban J connectivity index is 1.12. The van der Waals surface area contributed by atoms with E-state index in [0.717, 1.165) is 74.6 Å². The van der Waals surface area contributed by atoms with Gasteiger partial charge in [0.05, 0.1) is 12.2 Å². The summed E-state index contributed by atoms with van der Waals surface area (Å²) in [5.74, 6) is 5.45. The van der Waals surface area contributed by atoms with Gasteiger partial charge in [-0.2, -0.15) is 4.98 Å². The number of ether oxygens (including phenoxy) is 1. The molecule has 0 radical (unpaired) electrons. The SMILES string of the molecule is CCCNc1cccc(OSN(C)NC(=O)c2ccc(-n3ccc(OCCC(C4CC4)C4CC4)n3)nc2N2CCCC2(C)C)n1. The minimum Gasteiger partial charge on any atom is -0.477 e. The molecular weight excluding hydrogens is 588 g/mol. The van der Waals surface area contributed by atoms with Crippen LogP contribution < -0.4 is 24.6 Å². The van der Waals surface area contributed by atoms with Gasteiger partial charge >= 0.3 is 0 Å². The Bertz CT molecular complexity index is 1450. The summed E-state index contributed by atoms with van der Waals surface area (Å²) in [6.07, 6.45) is 11.6. The first kappa shape index (κ1) is 31.5. The monoisotopic (exact) mass is 634 g/mol. The summed E-state index contributed by atoms with van der Waals surface area (Å²) in [4.78, 5) is 25.3. The molecule has 12 heteroatoms. The summed E-state index contributed by atoms with van der Waals surface area (Å²) in [6, 6.07) is 11.1. The maximum atomic E-state index is 13.6. The quantitative estimate of drug-likeness (QED) is 0.106. The highest BCUT2D eigenvalue weighted by Gasteiger charge is 2.41. The van der Waals surface area contributed by atoms with Gasteiger partial charge in [-0.25, -0.2) is 9.67 Å². The second-order valence-corrected chi connectivity index (χ2v) is 13.9. The van der Waals surface area contributed by atoms with Gasteiger partial charge in [-0.15, -0.1) is 9.51 Å². The van der Waals surface area contributed by atoms with Crippen LogP contribution in [0.5, 0.6) is 11.8 Å². The van der Waals surface area contributed by atoms with Gasteiger partial charge in [0, 0.05) is 44.0 Å². The Hall–Kier alpha value is -3.51. The first-order chi connectivity index (χ1) is 21.8. The van der Waals surface area contributed by atoms with Crippen LogP contribution in [0.1, 0.15) is 82.5 Å². The number of carbonyl (C=O) groups is 1. The second kappa shape index (κ2) is 13.9. The molecule has 0 bridgehead atoms. The van der Waals surface area contributed by atoms with Gasteiger partial charge in [0.1, 0.15) is 11.6 Å². The molecule has 3 fully saturated rings. The van der Waals surface area contributed by atoms with E-state index in [1.807, 2.05) is 36.5 Å². The highest BCUT2D eigenvalue weighted by Crippen LogP contribution is 2.50. The first-order valence-electron chi connectivity index (χ1n) is 16.4. The van der Waals surface area contributed by atoms with E-state index in [0.29, 0.717) is 35.6 Å². The van der Waals surface area contributed by atoms with Gasteiger partial charge < -0.3 is 19.1 Å². The number of rotatable bonds is 16. The molecule has 3 aromatic heterocycles. The molecule has 0 spiro atoms. The van der Waals surface area contributed by atoms with Crippen molar-refractivity contribution in [2.24, 2.45) is 17.8 Å². The van der Waals surface area contributed by atoms with Crippen molar-refractivity contribution in [2.75, 3.05) is 37.0 Å². The molecule has 3 aromatic rings. The van der Waals surface area contributed by atoms with Crippen LogP contribution in [0.4, 0.5) is 11.6 Å². The number of hydrogen-bond donors (Lipinski definition) is 2. The highest BCUT2D eigenvalue weighted by atomic mass is 32.2. The van der Waals surface area contributed by atoms with Crippen LogP contribution in [-0.4, -0.2) is 62.4 Å². The van der Waals surface area contributed by atoms with E-state index in [1.165, 1.54) is 30.1 Å². The van der Waals surface area contributed by atoms with Crippen molar-refractivity contribution in [1.82, 2.24) is 29.6 Å². The zero-order valence-electron chi connectivity index (χ0n) is 26.9. The zero-order chi connectivity index (χ0) is 31.4. The molecule has 4 heterocycles. The maximum Gasteiger partial charge on any atom is 0.270 e. The van der Waals surface area contributed by atoms with Crippen molar-refractivity contribution in [3.05, 3.63) is 48.2 Å². The van der Waals surface area contributed by atoms with Crippen molar-refractivity contribution < 1.29 is 13.7 Å². The molecule has 0 atom stereocenters. The third-order valence-corrected chi connectivity index (χ3v) is 9.55. The summed E-state index contributed by atoms with van der Waals surface area (Å²) >= 11 is 0.993. The normalized spacial score (nSPS) is 17.6. The summed E-state index contributed by atoms with van der Waals surface area (Å²) in [7, 11) is 1.73. The predicted molar refractivity (Wildman–Crippen MR) is 178 cm³/mol. The lowest BCUT2D eigenvalue weighted by atomic mass is 9.95. The molecule has 242 valence electrons. The molecule has 45 heavy (non-hydrogen) atoms. The van der Waals surface area contributed by atoms with E-state index in [1.54, 1.807) is 17.8 Å². The van der Waals surface area contributed by atoms with Gasteiger partial charge in [0.2, 0.25) is 11.8 Å². The minimum absolute atomic E-state index is 0.134. The van der Waals surface area contributed by atoms with Crippen molar-refractivity contribution in [2.45, 2.75) is 77.7 Å². The lowest BCUT2D eigenvalue weighted by Gasteiger charge is -2.34. The number of aromatic nitrogens is 4. The minimum atomic E-state index is -0.276. The fourth-order valence-corrected chi connectivity index (χ4v) is 6.70. The highest BCUT2D eigenvalue weighted by molar-refractivity contribution is 7.92. The van der Waals surface area contributed by atoms with E-state index in [2.05, 4.69) is 46.5 Å². The molecular formula is C33H46N8O3S. The number of carbonyl (C=O) groups excluding carboxylic acids is 1. The predicted octanol–water partition coefficient (Wildman–Crippen LogP) is 6.29. The Morgan fingerprint density at radius 2 is 1.91 bits per heavy atom. The molecule has 0 aromatic carbocycles. The molecule has 1 saturated heterocycles. The third-order valence-electron chi connectivity index (χ3n) is 8.99. The third kappa shape index (κ3) is 8.02. The smallest absolute Gasteiger partial charge is 0.270 e. The van der Waals surface area contributed by atoms with E-state index in [-0.39, 0.29) is 11.4 Å². The average Bonchev–Trinajstić information content (AvgIpc) is 3.97. The molecule has 2 N–H and O–H groups in total. The van der Waals surface area contributed by atoms with E-state index in [4.69, 9.17) is 13.9 Å². The average molecular weight is 635 g/mol. The summed E-state index contributed by atoms with van der Waals surface area (Å²) in [5, 5.41) is 7.92. The van der Waals surface area contributed by atoms with Crippen LogP contribution in [0.2, 0.25) is 0 Å².